The molecule has 0 aliphatic carbocycles. The number of ether oxygens (including phenoxy) is 1. The van der Waals surface area contributed by atoms with E-state index >= 15 is 0 Å². The Bertz CT molecular complexity index is 1140. The van der Waals surface area contributed by atoms with Gasteiger partial charge in [-0.3, -0.25) is 4.79 Å². The summed E-state index contributed by atoms with van der Waals surface area (Å²) in [6, 6.07) is 5.00. The summed E-state index contributed by atoms with van der Waals surface area (Å²) in [6.45, 7) is 3.28. The Labute approximate surface area is 176 Å². The maximum absolute atomic E-state index is 13.4. The van der Waals surface area contributed by atoms with Gasteiger partial charge in [-0.05, 0) is 19.1 Å². The van der Waals surface area contributed by atoms with Crippen LogP contribution in [0.4, 0.5) is 10.1 Å². The zero-order valence-corrected chi connectivity index (χ0v) is 17.0. The maximum atomic E-state index is 13.4. The highest BCUT2D eigenvalue weighted by molar-refractivity contribution is 6.29. The van der Waals surface area contributed by atoms with Crippen LogP contribution in [0.2, 0.25) is 5.15 Å². The van der Waals surface area contributed by atoms with E-state index in [0.29, 0.717) is 41.8 Å². The predicted molar refractivity (Wildman–Crippen MR) is 107 cm³/mol. The molecule has 2 fully saturated rings. The standard InChI is InChI=1S/C20H19ClFN5O3/c1-12-16(19(25-30-12)13-2-3-17(21)23-6-13)8-27-18(28)4-15(7-24-27)26-10-20(11-26)5-14(22)9-29-20/h2-4,6-7,14H,5,8-11H2,1H3/t14-/m1/s1. The summed E-state index contributed by atoms with van der Waals surface area (Å²) in [5, 5.41) is 8.80. The van der Waals surface area contributed by atoms with Gasteiger partial charge in [0.25, 0.3) is 5.56 Å². The van der Waals surface area contributed by atoms with Crippen molar-refractivity contribution in [2.75, 3.05) is 24.6 Å². The summed E-state index contributed by atoms with van der Waals surface area (Å²) in [5.74, 6) is 0.599. The molecule has 156 valence electrons. The van der Waals surface area contributed by atoms with Gasteiger partial charge in [0.1, 0.15) is 28.4 Å². The first-order valence-electron chi connectivity index (χ1n) is 9.60. The minimum Gasteiger partial charge on any atom is -0.368 e. The molecule has 2 saturated heterocycles. The third kappa shape index (κ3) is 3.37. The predicted octanol–water partition coefficient (Wildman–Crippen LogP) is 2.62. The molecule has 2 aliphatic rings. The molecule has 0 amide bonds. The van der Waals surface area contributed by atoms with E-state index in [4.69, 9.17) is 20.9 Å². The summed E-state index contributed by atoms with van der Waals surface area (Å²) in [4.78, 5) is 18.7. The van der Waals surface area contributed by atoms with E-state index in [1.165, 1.54) is 10.7 Å². The van der Waals surface area contributed by atoms with Crippen LogP contribution in [0.1, 0.15) is 17.7 Å². The SMILES string of the molecule is Cc1onc(-c2ccc(Cl)nc2)c1Cn1ncc(N2CC3(C[C@@H](F)CO3)C2)cc1=O. The van der Waals surface area contributed by atoms with E-state index in [-0.39, 0.29) is 18.7 Å². The summed E-state index contributed by atoms with van der Waals surface area (Å²) in [6.07, 6.45) is 2.75. The number of pyridine rings is 1. The van der Waals surface area contributed by atoms with E-state index < -0.39 is 11.8 Å². The van der Waals surface area contributed by atoms with Crippen LogP contribution in [0.25, 0.3) is 11.3 Å². The molecule has 8 nitrogen and oxygen atoms in total. The molecule has 0 unspecified atom stereocenters. The van der Waals surface area contributed by atoms with Crippen molar-refractivity contribution < 1.29 is 13.7 Å². The molecule has 0 N–H and O–H groups in total. The lowest BCUT2D eigenvalue weighted by molar-refractivity contribution is -0.0190. The Morgan fingerprint density at radius 3 is 2.83 bits per heavy atom. The second kappa shape index (κ2) is 7.17. The first-order chi connectivity index (χ1) is 14.4. The fraction of sp³-hybridized carbons (Fsp3) is 0.400. The van der Waals surface area contributed by atoms with Crippen molar-refractivity contribution >= 4 is 17.3 Å². The van der Waals surface area contributed by atoms with Crippen molar-refractivity contribution in [3.8, 4) is 11.3 Å². The Kier molecular flexibility index (Phi) is 4.59. The van der Waals surface area contributed by atoms with Gasteiger partial charge in [0.05, 0.1) is 25.0 Å². The van der Waals surface area contributed by atoms with Gasteiger partial charge in [-0.15, -0.1) is 0 Å². The molecule has 3 aromatic rings. The molecule has 1 atom stereocenters. The van der Waals surface area contributed by atoms with Crippen LogP contribution >= 0.6 is 11.6 Å². The zero-order chi connectivity index (χ0) is 20.9. The van der Waals surface area contributed by atoms with Gasteiger partial charge in [0.2, 0.25) is 0 Å². The van der Waals surface area contributed by atoms with Gasteiger partial charge in [-0.2, -0.15) is 5.10 Å². The van der Waals surface area contributed by atoms with Gasteiger partial charge >= 0.3 is 0 Å². The highest BCUT2D eigenvalue weighted by Gasteiger charge is 2.50. The number of halogens is 2. The lowest BCUT2D eigenvalue weighted by atomic mass is 9.90. The Morgan fingerprint density at radius 2 is 2.17 bits per heavy atom. The summed E-state index contributed by atoms with van der Waals surface area (Å²) in [7, 11) is 0. The number of aryl methyl sites for hydroxylation is 1. The minimum atomic E-state index is -0.907. The number of rotatable bonds is 4. The molecule has 30 heavy (non-hydrogen) atoms. The monoisotopic (exact) mass is 431 g/mol. The van der Waals surface area contributed by atoms with Crippen LogP contribution in [0.5, 0.6) is 0 Å². The van der Waals surface area contributed by atoms with Crippen molar-refractivity contribution in [1.82, 2.24) is 19.9 Å². The first-order valence-corrected chi connectivity index (χ1v) is 9.97. The second-order valence-corrected chi connectivity index (χ2v) is 8.18. The van der Waals surface area contributed by atoms with Crippen molar-refractivity contribution in [2.45, 2.75) is 31.7 Å². The molecule has 3 aromatic heterocycles. The van der Waals surface area contributed by atoms with Crippen LogP contribution in [0.3, 0.4) is 0 Å². The lowest BCUT2D eigenvalue weighted by Gasteiger charge is -2.48. The average Bonchev–Trinajstić information content (AvgIpc) is 3.26. The van der Waals surface area contributed by atoms with Crippen LogP contribution in [0, 0.1) is 6.92 Å². The molecule has 0 radical (unpaired) electrons. The van der Waals surface area contributed by atoms with E-state index in [2.05, 4.69) is 15.2 Å². The lowest BCUT2D eigenvalue weighted by Crippen LogP contribution is -2.62. The van der Waals surface area contributed by atoms with Crippen molar-refractivity contribution in [3.63, 3.8) is 0 Å². The minimum absolute atomic E-state index is 0.150. The Balaban J connectivity index is 1.35. The van der Waals surface area contributed by atoms with Gasteiger partial charge < -0.3 is 14.2 Å². The molecule has 0 aromatic carbocycles. The molecule has 1 spiro atoms. The first kappa shape index (κ1) is 19.2. The zero-order valence-electron chi connectivity index (χ0n) is 16.2. The second-order valence-electron chi connectivity index (χ2n) is 7.80. The largest absolute Gasteiger partial charge is 0.368 e. The van der Waals surface area contributed by atoms with E-state index in [9.17, 15) is 9.18 Å². The van der Waals surface area contributed by atoms with E-state index in [1.54, 1.807) is 31.5 Å². The number of hydrogen-bond acceptors (Lipinski definition) is 7. The topological polar surface area (TPSA) is 86.3 Å². The molecule has 5 heterocycles. The van der Waals surface area contributed by atoms with E-state index in [1.807, 2.05) is 4.90 Å². The highest BCUT2D eigenvalue weighted by Crippen LogP contribution is 2.38. The Hall–Kier alpha value is -2.78. The third-order valence-corrected chi connectivity index (χ3v) is 5.86. The van der Waals surface area contributed by atoms with Crippen LogP contribution in [0.15, 0.2) is 39.9 Å². The van der Waals surface area contributed by atoms with Crippen LogP contribution < -0.4 is 10.5 Å². The fourth-order valence-corrected chi connectivity index (χ4v) is 4.14. The van der Waals surface area contributed by atoms with Crippen LogP contribution in [-0.4, -0.2) is 51.4 Å². The van der Waals surface area contributed by atoms with Gasteiger partial charge in [0, 0.05) is 42.9 Å². The molecule has 10 heteroatoms. The smallest absolute Gasteiger partial charge is 0.269 e. The summed E-state index contributed by atoms with van der Waals surface area (Å²) >= 11 is 5.86. The molecule has 5 rings (SSSR count). The number of nitrogens with zero attached hydrogens (tertiary/aromatic N) is 5. The maximum Gasteiger partial charge on any atom is 0.269 e. The van der Waals surface area contributed by atoms with Gasteiger partial charge in [-0.25, -0.2) is 14.1 Å². The highest BCUT2D eigenvalue weighted by atomic mass is 35.5. The third-order valence-electron chi connectivity index (χ3n) is 5.64. The van der Waals surface area contributed by atoms with Crippen molar-refractivity contribution in [3.05, 3.63) is 57.4 Å². The molecular formula is C20H19ClFN5O3. The average molecular weight is 432 g/mol. The molecule has 2 aliphatic heterocycles. The van der Waals surface area contributed by atoms with Crippen molar-refractivity contribution in [1.29, 1.82) is 0 Å². The van der Waals surface area contributed by atoms with E-state index in [0.717, 1.165) is 11.1 Å². The number of hydrogen-bond donors (Lipinski definition) is 0. The molecule has 0 saturated carbocycles. The molecular weight excluding hydrogens is 413 g/mol. The van der Waals surface area contributed by atoms with Crippen LogP contribution in [-0.2, 0) is 11.3 Å². The summed E-state index contributed by atoms with van der Waals surface area (Å²) in [5.41, 5.74) is 2.12. The fourth-order valence-electron chi connectivity index (χ4n) is 4.03. The van der Waals surface area contributed by atoms with Gasteiger partial charge in [-0.1, -0.05) is 16.8 Å². The number of aromatic nitrogens is 4. The summed E-state index contributed by atoms with van der Waals surface area (Å²) < 4.78 is 25.7. The quantitative estimate of drug-likeness (QED) is 0.587. The normalized spacial score (nSPS) is 20.0. The number of alkyl halides is 1. The van der Waals surface area contributed by atoms with Crippen molar-refractivity contribution in [2.24, 2.45) is 0 Å². The Morgan fingerprint density at radius 1 is 1.33 bits per heavy atom. The number of anilines is 1. The molecule has 0 bridgehead atoms. The van der Waals surface area contributed by atoms with Gasteiger partial charge in [0.15, 0.2) is 0 Å².